The van der Waals surface area contributed by atoms with Crippen LogP contribution in [0.3, 0.4) is 0 Å². The van der Waals surface area contributed by atoms with Crippen molar-refractivity contribution in [1.29, 1.82) is 0 Å². The molecule has 1 unspecified atom stereocenters. The topological polar surface area (TPSA) is 58.0 Å². The molecule has 3 aromatic rings. The Labute approximate surface area is 143 Å². The zero-order valence-electron chi connectivity index (χ0n) is 12.4. The minimum absolute atomic E-state index is 0.362. The molecule has 2 N–H and O–H groups in total. The second-order valence-corrected chi connectivity index (χ2v) is 7.17. The molecule has 4 rings (SSSR count). The van der Waals surface area contributed by atoms with Gasteiger partial charge in [-0.2, -0.15) is 0 Å². The molecule has 4 nitrogen and oxygen atoms in total. The van der Waals surface area contributed by atoms with E-state index in [9.17, 15) is 5.11 Å². The third-order valence-corrected chi connectivity index (χ3v) is 5.77. The summed E-state index contributed by atoms with van der Waals surface area (Å²) in [4.78, 5) is 11.2. The summed E-state index contributed by atoms with van der Waals surface area (Å²) in [6.45, 7) is 0.362. The van der Waals surface area contributed by atoms with Gasteiger partial charge in [-0.05, 0) is 30.9 Å². The fourth-order valence-corrected chi connectivity index (χ4v) is 4.60. The number of hydrogen-bond donors (Lipinski definition) is 2. The Bertz CT molecular complexity index is 864. The maximum absolute atomic E-state index is 10.4. The number of thiophene rings is 1. The van der Waals surface area contributed by atoms with Crippen LogP contribution in [0.1, 0.15) is 28.5 Å². The molecule has 0 radical (unpaired) electrons. The molecule has 0 spiro atoms. The number of aromatic nitrogens is 2. The number of hydrogen-bond acceptors (Lipinski definition) is 5. The van der Waals surface area contributed by atoms with Gasteiger partial charge in [0, 0.05) is 22.0 Å². The summed E-state index contributed by atoms with van der Waals surface area (Å²) in [5.74, 6) is 0.806. The van der Waals surface area contributed by atoms with Gasteiger partial charge in [-0.25, -0.2) is 9.97 Å². The summed E-state index contributed by atoms with van der Waals surface area (Å²) < 4.78 is 0. The molecule has 0 bridgehead atoms. The Morgan fingerprint density at radius 1 is 1.26 bits per heavy atom. The highest BCUT2D eigenvalue weighted by Crippen LogP contribution is 2.39. The Balaban J connectivity index is 1.60. The molecule has 2 heterocycles. The van der Waals surface area contributed by atoms with Gasteiger partial charge in [0.05, 0.1) is 11.5 Å². The lowest BCUT2D eigenvalue weighted by atomic mass is 10.1. The summed E-state index contributed by atoms with van der Waals surface area (Å²) in [7, 11) is 0. The van der Waals surface area contributed by atoms with Crippen LogP contribution in [0.5, 0.6) is 0 Å². The second-order valence-electron chi connectivity index (χ2n) is 5.68. The first-order valence-corrected chi connectivity index (χ1v) is 8.85. The first-order chi connectivity index (χ1) is 11.2. The molecular weight excluding hydrogens is 330 g/mol. The molecule has 23 heavy (non-hydrogen) atoms. The Kier molecular flexibility index (Phi) is 3.93. The molecule has 6 heteroatoms. The predicted molar refractivity (Wildman–Crippen MR) is 94.3 cm³/mol. The molecule has 0 saturated heterocycles. The highest BCUT2D eigenvalue weighted by atomic mass is 35.5. The average Bonchev–Trinajstić information content (AvgIpc) is 3.13. The average molecular weight is 346 g/mol. The quantitative estimate of drug-likeness (QED) is 0.751. The lowest BCUT2D eigenvalue weighted by Crippen LogP contribution is -2.13. The zero-order chi connectivity index (χ0) is 15.8. The minimum Gasteiger partial charge on any atom is -0.387 e. The monoisotopic (exact) mass is 345 g/mol. The van der Waals surface area contributed by atoms with Crippen LogP contribution < -0.4 is 5.32 Å². The van der Waals surface area contributed by atoms with Gasteiger partial charge in [0.15, 0.2) is 0 Å². The number of halogens is 1. The van der Waals surface area contributed by atoms with Crippen molar-refractivity contribution < 1.29 is 5.11 Å². The number of fused-ring (bicyclic) bond motifs is 3. The van der Waals surface area contributed by atoms with Crippen LogP contribution in [0.25, 0.3) is 10.2 Å². The van der Waals surface area contributed by atoms with Crippen LogP contribution in [0.15, 0.2) is 30.6 Å². The SMILES string of the molecule is OC(CNc1ncnc2sc3c(c12)CCC3)c1ccccc1Cl. The molecule has 0 amide bonds. The number of nitrogens with one attached hydrogen (secondary N) is 1. The third-order valence-electron chi connectivity index (χ3n) is 4.23. The largest absolute Gasteiger partial charge is 0.387 e. The van der Waals surface area contributed by atoms with Crippen LogP contribution in [0.4, 0.5) is 5.82 Å². The van der Waals surface area contributed by atoms with Gasteiger partial charge in [-0.3, -0.25) is 0 Å². The van der Waals surface area contributed by atoms with E-state index in [-0.39, 0.29) is 0 Å². The molecule has 1 atom stereocenters. The van der Waals surface area contributed by atoms with Crippen molar-refractivity contribution >= 4 is 39.0 Å². The van der Waals surface area contributed by atoms with Crippen molar-refractivity contribution in [3.63, 3.8) is 0 Å². The van der Waals surface area contributed by atoms with E-state index in [0.717, 1.165) is 34.4 Å². The number of aliphatic hydroxyl groups excluding tert-OH is 1. The third kappa shape index (κ3) is 2.69. The van der Waals surface area contributed by atoms with E-state index in [1.807, 2.05) is 18.2 Å². The molecule has 0 fully saturated rings. The maximum Gasteiger partial charge on any atom is 0.138 e. The fraction of sp³-hybridized carbons (Fsp3) is 0.294. The highest BCUT2D eigenvalue weighted by molar-refractivity contribution is 7.19. The molecule has 1 aliphatic rings. The van der Waals surface area contributed by atoms with Crippen LogP contribution in [-0.4, -0.2) is 21.6 Å². The Morgan fingerprint density at radius 3 is 3.00 bits per heavy atom. The van der Waals surface area contributed by atoms with Crippen LogP contribution in [0, 0.1) is 0 Å². The first kappa shape index (κ1) is 14.9. The summed E-state index contributed by atoms with van der Waals surface area (Å²) in [5, 5.41) is 15.4. The lowest BCUT2D eigenvalue weighted by Gasteiger charge is -2.14. The molecule has 2 aromatic heterocycles. The molecule has 1 aliphatic carbocycles. The Morgan fingerprint density at radius 2 is 2.13 bits per heavy atom. The maximum atomic E-state index is 10.4. The molecular formula is C17H16ClN3OS. The van der Waals surface area contributed by atoms with Crippen molar-refractivity contribution in [2.24, 2.45) is 0 Å². The van der Waals surface area contributed by atoms with Crippen molar-refractivity contribution in [2.75, 3.05) is 11.9 Å². The van der Waals surface area contributed by atoms with Crippen LogP contribution >= 0.6 is 22.9 Å². The summed E-state index contributed by atoms with van der Waals surface area (Å²) in [6, 6.07) is 7.36. The second kappa shape index (κ2) is 6.07. The van der Waals surface area contributed by atoms with E-state index in [1.165, 1.54) is 16.9 Å². The van der Waals surface area contributed by atoms with Gasteiger partial charge in [-0.1, -0.05) is 29.8 Å². The predicted octanol–water partition coefficient (Wildman–Crippen LogP) is 3.98. The van der Waals surface area contributed by atoms with E-state index in [4.69, 9.17) is 11.6 Å². The van der Waals surface area contributed by atoms with Gasteiger partial charge < -0.3 is 10.4 Å². The van der Waals surface area contributed by atoms with E-state index < -0.39 is 6.10 Å². The standard InChI is InChI=1S/C17H16ClN3OS/c18-12-6-2-1-4-10(12)13(22)8-19-16-15-11-5-3-7-14(11)23-17(15)21-9-20-16/h1-2,4,6,9,13,22H,3,5,7-8H2,(H,19,20,21). The van der Waals surface area contributed by atoms with E-state index >= 15 is 0 Å². The molecule has 0 aliphatic heterocycles. The fourth-order valence-electron chi connectivity index (χ4n) is 3.11. The lowest BCUT2D eigenvalue weighted by molar-refractivity contribution is 0.191. The Hall–Kier alpha value is -1.69. The molecule has 0 saturated carbocycles. The number of nitrogens with zero attached hydrogens (tertiary/aromatic N) is 2. The van der Waals surface area contributed by atoms with Crippen molar-refractivity contribution in [3.05, 3.63) is 51.6 Å². The van der Waals surface area contributed by atoms with Crippen molar-refractivity contribution in [2.45, 2.75) is 25.4 Å². The summed E-state index contributed by atoms with van der Waals surface area (Å²) in [6.07, 6.45) is 4.33. The van der Waals surface area contributed by atoms with Crippen LogP contribution in [0.2, 0.25) is 5.02 Å². The first-order valence-electron chi connectivity index (χ1n) is 7.65. The number of benzene rings is 1. The molecule has 118 valence electrons. The van der Waals surface area contributed by atoms with Gasteiger partial charge in [0.2, 0.25) is 0 Å². The normalized spacial score (nSPS) is 14.9. The number of aliphatic hydroxyl groups is 1. The smallest absolute Gasteiger partial charge is 0.138 e. The minimum atomic E-state index is -0.680. The van der Waals surface area contributed by atoms with E-state index in [1.54, 1.807) is 23.7 Å². The van der Waals surface area contributed by atoms with Gasteiger partial charge in [0.1, 0.15) is 17.0 Å². The summed E-state index contributed by atoms with van der Waals surface area (Å²) >= 11 is 7.90. The van der Waals surface area contributed by atoms with Crippen molar-refractivity contribution in [3.8, 4) is 0 Å². The number of aryl methyl sites for hydroxylation is 2. The number of rotatable bonds is 4. The van der Waals surface area contributed by atoms with Crippen molar-refractivity contribution in [1.82, 2.24) is 9.97 Å². The van der Waals surface area contributed by atoms with Gasteiger partial charge >= 0.3 is 0 Å². The van der Waals surface area contributed by atoms with Crippen LogP contribution in [-0.2, 0) is 12.8 Å². The van der Waals surface area contributed by atoms with E-state index in [2.05, 4.69) is 15.3 Å². The zero-order valence-corrected chi connectivity index (χ0v) is 14.0. The van der Waals surface area contributed by atoms with E-state index in [0.29, 0.717) is 11.6 Å². The highest BCUT2D eigenvalue weighted by Gasteiger charge is 2.21. The van der Waals surface area contributed by atoms with Gasteiger partial charge in [0.25, 0.3) is 0 Å². The van der Waals surface area contributed by atoms with Gasteiger partial charge in [-0.15, -0.1) is 11.3 Å². The summed E-state index contributed by atoms with van der Waals surface area (Å²) in [5.41, 5.74) is 2.10. The molecule has 1 aromatic carbocycles. The number of anilines is 1.